The van der Waals surface area contributed by atoms with E-state index in [1.807, 2.05) is 0 Å². The van der Waals surface area contributed by atoms with Crippen LogP contribution in [0.5, 0.6) is 0 Å². The molecule has 14 heavy (non-hydrogen) atoms. The minimum Gasteiger partial charge on any atom is -0.312 e. The van der Waals surface area contributed by atoms with Gasteiger partial charge in [0.05, 0.1) is 5.69 Å². The Morgan fingerprint density at radius 1 is 1.29 bits per heavy atom. The van der Waals surface area contributed by atoms with Crippen LogP contribution in [0, 0.1) is 11.6 Å². The van der Waals surface area contributed by atoms with Crippen molar-refractivity contribution in [2.24, 2.45) is 0 Å². The van der Waals surface area contributed by atoms with Crippen LogP contribution in [0.4, 0.5) is 8.78 Å². The molecule has 0 aliphatic heterocycles. The van der Waals surface area contributed by atoms with Gasteiger partial charge in [-0.05, 0) is 12.1 Å². The van der Waals surface area contributed by atoms with E-state index in [0.29, 0.717) is 0 Å². The Morgan fingerprint density at radius 2 is 2.07 bits per heavy atom. The van der Waals surface area contributed by atoms with Gasteiger partial charge in [-0.1, -0.05) is 0 Å². The molecule has 1 N–H and O–H groups in total. The largest absolute Gasteiger partial charge is 0.330 e. The number of benzene rings is 1. The van der Waals surface area contributed by atoms with E-state index in [9.17, 15) is 13.6 Å². The van der Waals surface area contributed by atoms with Crippen molar-refractivity contribution in [3.8, 4) is 5.69 Å². The molecular formula is C9H6F2N2O. The highest BCUT2D eigenvalue weighted by Gasteiger charge is 2.06. The lowest BCUT2D eigenvalue weighted by Gasteiger charge is -2.01. The average Bonchev–Trinajstić information content (AvgIpc) is 2.52. The van der Waals surface area contributed by atoms with E-state index in [-0.39, 0.29) is 5.69 Å². The summed E-state index contributed by atoms with van der Waals surface area (Å²) in [6.07, 6.45) is 2.75. The van der Waals surface area contributed by atoms with Gasteiger partial charge in [-0.25, -0.2) is 13.6 Å². The Morgan fingerprint density at radius 3 is 2.64 bits per heavy atom. The van der Waals surface area contributed by atoms with Crippen LogP contribution in [-0.4, -0.2) is 9.55 Å². The topological polar surface area (TPSA) is 37.8 Å². The maximum Gasteiger partial charge on any atom is 0.330 e. The average molecular weight is 196 g/mol. The summed E-state index contributed by atoms with van der Waals surface area (Å²) < 4.78 is 26.8. The van der Waals surface area contributed by atoms with Crippen LogP contribution in [-0.2, 0) is 0 Å². The molecule has 0 atom stereocenters. The quantitative estimate of drug-likeness (QED) is 0.736. The van der Waals surface area contributed by atoms with Crippen LogP contribution in [0.25, 0.3) is 5.69 Å². The predicted molar refractivity (Wildman–Crippen MR) is 46.3 cm³/mol. The SMILES string of the molecule is O=c1[nH]ccn1-c1ccc(F)cc1F. The van der Waals surface area contributed by atoms with Gasteiger partial charge in [-0.3, -0.25) is 4.57 Å². The Labute approximate surface area is 77.6 Å². The van der Waals surface area contributed by atoms with Crippen LogP contribution in [0.15, 0.2) is 35.4 Å². The van der Waals surface area contributed by atoms with Crippen LogP contribution in [0.3, 0.4) is 0 Å². The lowest BCUT2D eigenvalue weighted by molar-refractivity contribution is 0.577. The maximum absolute atomic E-state index is 13.2. The van der Waals surface area contributed by atoms with Gasteiger partial charge < -0.3 is 4.98 Å². The van der Waals surface area contributed by atoms with Crippen molar-refractivity contribution in [2.45, 2.75) is 0 Å². The van der Waals surface area contributed by atoms with Crippen molar-refractivity contribution in [1.29, 1.82) is 0 Å². The summed E-state index contributed by atoms with van der Waals surface area (Å²) >= 11 is 0. The van der Waals surface area contributed by atoms with Gasteiger partial charge in [-0.15, -0.1) is 0 Å². The maximum atomic E-state index is 13.2. The molecule has 0 saturated heterocycles. The normalized spacial score (nSPS) is 10.4. The molecule has 0 amide bonds. The van der Waals surface area contributed by atoms with Gasteiger partial charge in [-0.2, -0.15) is 0 Å². The Balaban J connectivity index is 2.63. The monoisotopic (exact) mass is 196 g/mol. The molecule has 1 aromatic heterocycles. The Bertz CT molecular complexity index is 516. The molecule has 1 aromatic carbocycles. The molecule has 0 bridgehead atoms. The standard InChI is InChI=1S/C9H6F2N2O/c10-6-1-2-8(7(11)5-6)13-4-3-12-9(13)14/h1-5H,(H,12,14). The van der Waals surface area contributed by atoms with Crippen molar-refractivity contribution in [3.05, 3.63) is 52.7 Å². The molecule has 0 fully saturated rings. The van der Waals surface area contributed by atoms with Crippen molar-refractivity contribution >= 4 is 0 Å². The zero-order chi connectivity index (χ0) is 10.1. The zero-order valence-electron chi connectivity index (χ0n) is 7.00. The van der Waals surface area contributed by atoms with Crippen LogP contribution in [0.2, 0.25) is 0 Å². The second kappa shape index (κ2) is 3.10. The summed E-state index contributed by atoms with van der Waals surface area (Å²) in [6.45, 7) is 0. The molecule has 2 aromatic rings. The van der Waals surface area contributed by atoms with Gasteiger partial charge in [0.25, 0.3) is 0 Å². The molecule has 0 aliphatic carbocycles. The van der Waals surface area contributed by atoms with E-state index in [2.05, 4.69) is 4.98 Å². The summed E-state index contributed by atoms with van der Waals surface area (Å²) in [5.41, 5.74) is -0.437. The number of rotatable bonds is 1. The fourth-order valence-corrected chi connectivity index (χ4v) is 1.19. The second-order valence-corrected chi connectivity index (χ2v) is 2.73. The van der Waals surface area contributed by atoms with Crippen LogP contribution >= 0.6 is 0 Å². The highest BCUT2D eigenvalue weighted by atomic mass is 19.1. The number of nitrogens with one attached hydrogen (secondary N) is 1. The molecule has 1 heterocycles. The van der Waals surface area contributed by atoms with E-state index in [1.54, 1.807) is 0 Å². The number of hydrogen-bond acceptors (Lipinski definition) is 1. The smallest absolute Gasteiger partial charge is 0.312 e. The van der Waals surface area contributed by atoms with Crippen LogP contribution < -0.4 is 5.69 Å². The number of aromatic nitrogens is 2. The zero-order valence-corrected chi connectivity index (χ0v) is 7.00. The molecule has 0 radical (unpaired) electrons. The summed E-state index contributed by atoms with van der Waals surface area (Å²) in [5, 5.41) is 0. The fourth-order valence-electron chi connectivity index (χ4n) is 1.19. The van der Waals surface area contributed by atoms with Crippen LogP contribution in [0.1, 0.15) is 0 Å². The third-order valence-corrected chi connectivity index (χ3v) is 1.82. The van der Waals surface area contributed by atoms with E-state index in [4.69, 9.17) is 0 Å². The minimum atomic E-state index is -0.772. The number of imidazole rings is 1. The fraction of sp³-hybridized carbons (Fsp3) is 0. The molecule has 0 spiro atoms. The van der Waals surface area contributed by atoms with Crippen molar-refractivity contribution in [3.63, 3.8) is 0 Å². The molecule has 0 saturated carbocycles. The first kappa shape index (κ1) is 8.68. The van der Waals surface area contributed by atoms with Crippen molar-refractivity contribution < 1.29 is 8.78 Å². The highest BCUT2D eigenvalue weighted by molar-refractivity contribution is 5.33. The van der Waals surface area contributed by atoms with Gasteiger partial charge in [0, 0.05) is 18.5 Å². The summed E-state index contributed by atoms with van der Waals surface area (Å²) in [5.74, 6) is -1.44. The van der Waals surface area contributed by atoms with E-state index in [1.165, 1.54) is 18.5 Å². The van der Waals surface area contributed by atoms with E-state index in [0.717, 1.165) is 16.7 Å². The molecule has 72 valence electrons. The van der Waals surface area contributed by atoms with Crippen molar-refractivity contribution in [1.82, 2.24) is 9.55 Å². The lowest BCUT2D eigenvalue weighted by atomic mass is 10.3. The van der Waals surface area contributed by atoms with Gasteiger partial charge in [0.1, 0.15) is 11.6 Å². The molecule has 5 heteroatoms. The third-order valence-electron chi connectivity index (χ3n) is 1.82. The Kier molecular flexibility index (Phi) is 1.92. The number of nitrogens with zero attached hydrogens (tertiary/aromatic N) is 1. The molecule has 2 rings (SSSR count). The number of hydrogen-bond donors (Lipinski definition) is 1. The molecule has 0 aliphatic rings. The van der Waals surface area contributed by atoms with Gasteiger partial charge in [0.15, 0.2) is 0 Å². The first-order valence-electron chi connectivity index (χ1n) is 3.90. The number of H-pyrrole nitrogens is 1. The number of aromatic amines is 1. The summed E-state index contributed by atoms with van der Waals surface area (Å²) in [6, 6.07) is 3.03. The third kappa shape index (κ3) is 1.32. The molecular weight excluding hydrogens is 190 g/mol. The first-order chi connectivity index (χ1) is 6.68. The lowest BCUT2D eigenvalue weighted by Crippen LogP contribution is -2.15. The Hall–Kier alpha value is -1.91. The number of halogens is 2. The van der Waals surface area contributed by atoms with E-state index >= 15 is 0 Å². The predicted octanol–water partition coefficient (Wildman–Crippen LogP) is 1.44. The molecule has 3 nitrogen and oxygen atoms in total. The van der Waals surface area contributed by atoms with Crippen molar-refractivity contribution in [2.75, 3.05) is 0 Å². The highest BCUT2D eigenvalue weighted by Crippen LogP contribution is 2.12. The van der Waals surface area contributed by atoms with Gasteiger partial charge in [0.2, 0.25) is 0 Å². The molecule has 0 unspecified atom stereocenters. The minimum absolute atomic E-state index is 0.0256. The van der Waals surface area contributed by atoms with E-state index < -0.39 is 17.3 Å². The second-order valence-electron chi connectivity index (χ2n) is 2.73. The van der Waals surface area contributed by atoms with Gasteiger partial charge >= 0.3 is 5.69 Å². The summed E-state index contributed by atoms with van der Waals surface area (Å²) in [4.78, 5) is 13.5. The summed E-state index contributed by atoms with van der Waals surface area (Å²) in [7, 11) is 0. The first-order valence-corrected chi connectivity index (χ1v) is 3.90.